The Labute approximate surface area is 74.3 Å². The Kier molecular flexibility index (Phi) is 6.76. The van der Waals surface area contributed by atoms with Crippen LogP contribution in [0, 0.1) is 0 Å². The Morgan fingerprint density at radius 3 is 2.58 bits per heavy atom. The highest BCUT2D eigenvalue weighted by atomic mass is 16.5. The van der Waals surface area contributed by atoms with E-state index in [0.717, 1.165) is 19.3 Å². The number of ether oxygens (including phenoxy) is 1. The van der Waals surface area contributed by atoms with Gasteiger partial charge in [0.15, 0.2) is 0 Å². The maximum Gasteiger partial charge on any atom is 0.322 e. The summed E-state index contributed by atoms with van der Waals surface area (Å²) in [4.78, 5) is 11.1. The van der Waals surface area contributed by atoms with Gasteiger partial charge < -0.3 is 10.5 Å². The summed E-state index contributed by atoms with van der Waals surface area (Å²) in [7, 11) is 0. The van der Waals surface area contributed by atoms with E-state index in [1.165, 1.54) is 0 Å². The molecule has 0 aliphatic rings. The number of hydrogen-bond acceptors (Lipinski definition) is 3. The van der Waals surface area contributed by atoms with Crippen molar-refractivity contribution in [3.8, 4) is 0 Å². The highest BCUT2D eigenvalue weighted by Crippen LogP contribution is 1.97. The van der Waals surface area contributed by atoms with Gasteiger partial charge in [-0.1, -0.05) is 26.7 Å². The first-order valence-corrected chi connectivity index (χ1v) is 4.64. The van der Waals surface area contributed by atoms with E-state index in [0.29, 0.717) is 13.0 Å². The van der Waals surface area contributed by atoms with Crippen LogP contribution in [0.2, 0.25) is 0 Å². The van der Waals surface area contributed by atoms with E-state index < -0.39 is 6.04 Å². The van der Waals surface area contributed by atoms with E-state index in [4.69, 9.17) is 10.5 Å². The van der Waals surface area contributed by atoms with Crippen LogP contribution in [0.3, 0.4) is 0 Å². The molecule has 0 aromatic heterocycles. The first kappa shape index (κ1) is 11.4. The lowest BCUT2D eigenvalue weighted by atomic mass is 10.2. The molecule has 0 aliphatic carbocycles. The highest BCUT2D eigenvalue weighted by molar-refractivity contribution is 5.75. The Balaban J connectivity index is 3.43. The van der Waals surface area contributed by atoms with Crippen LogP contribution >= 0.6 is 0 Å². The number of carbonyl (C=O) groups excluding carboxylic acids is 1. The molecule has 0 amide bonds. The summed E-state index contributed by atoms with van der Waals surface area (Å²) < 4.78 is 4.93. The van der Waals surface area contributed by atoms with Crippen molar-refractivity contribution in [2.45, 2.75) is 45.6 Å². The molecular weight excluding hydrogens is 154 g/mol. The van der Waals surface area contributed by atoms with Crippen LogP contribution < -0.4 is 5.73 Å². The zero-order valence-electron chi connectivity index (χ0n) is 8.01. The second-order valence-electron chi connectivity index (χ2n) is 2.92. The summed E-state index contributed by atoms with van der Waals surface area (Å²) in [5.74, 6) is -0.259. The molecule has 0 saturated carbocycles. The van der Waals surface area contributed by atoms with E-state index >= 15 is 0 Å². The van der Waals surface area contributed by atoms with Crippen LogP contribution in [0.15, 0.2) is 0 Å². The monoisotopic (exact) mass is 173 g/mol. The molecule has 1 atom stereocenters. The lowest BCUT2D eigenvalue weighted by Crippen LogP contribution is -2.32. The van der Waals surface area contributed by atoms with Crippen molar-refractivity contribution in [2.24, 2.45) is 5.73 Å². The minimum atomic E-state index is -0.424. The van der Waals surface area contributed by atoms with Gasteiger partial charge in [-0.25, -0.2) is 0 Å². The average molecular weight is 173 g/mol. The second-order valence-corrected chi connectivity index (χ2v) is 2.92. The zero-order valence-corrected chi connectivity index (χ0v) is 8.01. The molecule has 1 unspecified atom stereocenters. The molecule has 0 spiro atoms. The van der Waals surface area contributed by atoms with Gasteiger partial charge in [-0.3, -0.25) is 4.79 Å². The number of rotatable bonds is 6. The van der Waals surface area contributed by atoms with Crippen LogP contribution in [-0.2, 0) is 9.53 Å². The van der Waals surface area contributed by atoms with Gasteiger partial charge >= 0.3 is 5.97 Å². The largest absolute Gasteiger partial charge is 0.465 e. The van der Waals surface area contributed by atoms with Crippen molar-refractivity contribution >= 4 is 5.97 Å². The van der Waals surface area contributed by atoms with Gasteiger partial charge in [0.05, 0.1) is 6.61 Å². The molecular formula is C9H19NO2. The molecule has 0 saturated heterocycles. The van der Waals surface area contributed by atoms with Crippen LogP contribution in [0.4, 0.5) is 0 Å². The van der Waals surface area contributed by atoms with Crippen molar-refractivity contribution in [1.82, 2.24) is 0 Å². The molecule has 0 fully saturated rings. The fourth-order valence-corrected chi connectivity index (χ4v) is 0.853. The van der Waals surface area contributed by atoms with Gasteiger partial charge in [0.25, 0.3) is 0 Å². The zero-order chi connectivity index (χ0) is 9.40. The summed E-state index contributed by atoms with van der Waals surface area (Å²) in [5, 5.41) is 0. The molecule has 0 aromatic carbocycles. The minimum absolute atomic E-state index is 0.259. The van der Waals surface area contributed by atoms with E-state index in [2.05, 4.69) is 6.92 Å². The SMILES string of the molecule is CCCCOC(=O)C(N)CCC. The molecule has 0 heterocycles. The lowest BCUT2D eigenvalue weighted by Gasteiger charge is -2.09. The van der Waals surface area contributed by atoms with Gasteiger partial charge in [-0.15, -0.1) is 0 Å². The molecule has 3 heteroatoms. The number of esters is 1. The predicted molar refractivity (Wildman–Crippen MR) is 48.8 cm³/mol. The smallest absolute Gasteiger partial charge is 0.322 e. The van der Waals surface area contributed by atoms with Crippen molar-refractivity contribution in [2.75, 3.05) is 6.61 Å². The molecule has 12 heavy (non-hydrogen) atoms. The van der Waals surface area contributed by atoms with Crippen molar-refractivity contribution in [1.29, 1.82) is 0 Å². The predicted octanol–water partition coefficient (Wildman–Crippen LogP) is 1.46. The maximum absolute atomic E-state index is 11.1. The number of carbonyl (C=O) groups is 1. The van der Waals surface area contributed by atoms with Gasteiger partial charge in [-0.2, -0.15) is 0 Å². The van der Waals surface area contributed by atoms with Gasteiger partial charge in [0.2, 0.25) is 0 Å². The number of nitrogens with two attached hydrogens (primary N) is 1. The third-order valence-electron chi connectivity index (χ3n) is 1.64. The van der Waals surface area contributed by atoms with Crippen molar-refractivity contribution in [3.63, 3.8) is 0 Å². The van der Waals surface area contributed by atoms with Gasteiger partial charge in [0.1, 0.15) is 6.04 Å². The summed E-state index contributed by atoms with van der Waals surface area (Å²) >= 11 is 0. The summed E-state index contributed by atoms with van der Waals surface area (Å²) in [5.41, 5.74) is 5.54. The number of hydrogen-bond donors (Lipinski definition) is 1. The summed E-state index contributed by atoms with van der Waals surface area (Å²) in [6, 6.07) is -0.424. The molecule has 0 aromatic rings. The third kappa shape index (κ3) is 5.13. The normalized spacial score (nSPS) is 12.6. The van der Waals surface area contributed by atoms with Crippen LogP contribution in [0.5, 0.6) is 0 Å². The summed E-state index contributed by atoms with van der Waals surface area (Å²) in [6.07, 6.45) is 3.59. The fourth-order valence-electron chi connectivity index (χ4n) is 0.853. The third-order valence-corrected chi connectivity index (χ3v) is 1.64. The van der Waals surface area contributed by atoms with Crippen molar-refractivity contribution in [3.05, 3.63) is 0 Å². The van der Waals surface area contributed by atoms with Crippen molar-refractivity contribution < 1.29 is 9.53 Å². The van der Waals surface area contributed by atoms with E-state index in [-0.39, 0.29) is 5.97 Å². The summed E-state index contributed by atoms with van der Waals surface area (Å²) in [6.45, 7) is 4.56. The quantitative estimate of drug-likeness (QED) is 0.488. The minimum Gasteiger partial charge on any atom is -0.465 e. The van der Waals surface area contributed by atoms with E-state index in [1.807, 2.05) is 6.92 Å². The molecule has 72 valence electrons. The Hall–Kier alpha value is -0.570. The maximum atomic E-state index is 11.1. The number of unbranched alkanes of at least 4 members (excludes halogenated alkanes) is 1. The molecule has 0 bridgehead atoms. The standard InChI is InChI=1S/C9H19NO2/c1-3-5-7-12-9(11)8(10)6-4-2/h8H,3-7,10H2,1-2H3. The van der Waals surface area contributed by atoms with Crippen LogP contribution in [-0.4, -0.2) is 18.6 Å². The molecule has 0 rings (SSSR count). The molecule has 3 nitrogen and oxygen atoms in total. The lowest BCUT2D eigenvalue weighted by molar-refractivity contribution is -0.145. The fraction of sp³-hybridized carbons (Fsp3) is 0.889. The Morgan fingerprint density at radius 2 is 2.08 bits per heavy atom. The van der Waals surface area contributed by atoms with Gasteiger partial charge in [-0.05, 0) is 12.8 Å². The van der Waals surface area contributed by atoms with E-state index in [1.54, 1.807) is 0 Å². The van der Waals surface area contributed by atoms with Crippen LogP contribution in [0.25, 0.3) is 0 Å². The topological polar surface area (TPSA) is 52.3 Å². The Bertz CT molecular complexity index is 126. The molecule has 2 N–H and O–H groups in total. The second kappa shape index (κ2) is 7.10. The molecule has 0 aliphatic heterocycles. The first-order valence-electron chi connectivity index (χ1n) is 4.64. The average Bonchev–Trinajstić information content (AvgIpc) is 2.05. The Morgan fingerprint density at radius 1 is 1.42 bits per heavy atom. The van der Waals surface area contributed by atoms with E-state index in [9.17, 15) is 4.79 Å². The van der Waals surface area contributed by atoms with Gasteiger partial charge in [0, 0.05) is 0 Å². The highest BCUT2D eigenvalue weighted by Gasteiger charge is 2.12. The van der Waals surface area contributed by atoms with Crippen LogP contribution in [0.1, 0.15) is 39.5 Å². The molecule has 0 radical (unpaired) electrons. The first-order chi connectivity index (χ1) is 5.72.